The maximum atomic E-state index is 11.4. The lowest BCUT2D eigenvalue weighted by Gasteiger charge is -2.24. The number of aliphatic hydroxyl groups excluding tert-OH is 1. The van der Waals surface area contributed by atoms with Gasteiger partial charge in [-0.05, 0) is 24.3 Å². The first kappa shape index (κ1) is 12.3. The van der Waals surface area contributed by atoms with Crippen molar-refractivity contribution in [2.75, 3.05) is 4.90 Å². The van der Waals surface area contributed by atoms with Crippen molar-refractivity contribution in [3.05, 3.63) is 72.3 Å². The third-order valence-electron chi connectivity index (χ3n) is 3.07. The zero-order valence-corrected chi connectivity index (χ0v) is 10.7. The van der Waals surface area contributed by atoms with Gasteiger partial charge in [-0.15, -0.1) is 0 Å². The van der Waals surface area contributed by atoms with Crippen molar-refractivity contribution in [2.24, 2.45) is 0 Å². The van der Waals surface area contributed by atoms with E-state index in [9.17, 15) is 9.90 Å². The van der Waals surface area contributed by atoms with Gasteiger partial charge in [0.05, 0.1) is 6.42 Å². The van der Waals surface area contributed by atoms with Gasteiger partial charge < -0.3 is 14.7 Å². The van der Waals surface area contributed by atoms with E-state index in [0.717, 1.165) is 11.4 Å². The summed E-state index contributed by atoms with van der Waals surface area (Å²) in [6.45, 7) is 0. The number of ether oxygens (including phenoxy) is 1. The number of para-hydroxylation sites is 2. The minimum atomic E-state index is -0.450. The van der Waals surface area contributed by atoms with Crippen LogP contribution in [0.2, 0.25) is 0 Å². The highest BCUT2D eigenvalue weighted by Gasteiger charge is 2.29. The summed E-state index contributed by atoms with van der Waals surface area (Å²) in [6, 6.07) is 19.1. The average Bonchev–Trinajstić information content (AvgIpc) is 2.80. The Hall–Kier alpha value is -2.75. The molecule has 100 valence electrons. The molecule has 1 aliphatic rings. The van der Waals surface area contributed by atoms with Gasteiger partial charge in [0.1, 0.15) is 5.70 Å². The first-order valence-electron chi connectivity index (χ1n) is 6.29. The number of cyclic esters (lactones) is 1. The zero-order chi connectivity index (χ0) is 13.9. The summed E-state index contributed by atoms with van der Waals surface area (Å²) in [5.41, 5.74) is 2.17. The van der Waals surface area contributed by atoms with Gasteiger partial charge in [0.15, 0.2) is 0 Å². The number of hydrogen-bond acceptors (Lipinski definition) is 4. The quantitative estimate of drug-likeness (QED) is 0.865. The van der Waals surface area contributed by atoms with Crippen molar-refractivity contribution in [1.29, 1.82) is 0 Å². The molecule has 0 saturated carbocycles. The van der Waals surface area contributed by atoms with Crippen LogP contribution < -0.4 is 4.90 Å². The highest BCUT2D eigenvalue weighted by molar-refractivity contribution is 5.81. The molecule has 2 aromatic rings. The zero-order valence-electron chi connectivity index (χ0n) is 10.7. The maximum Gasteiger partial charge on any atom is 0.319 e. The van der Waals surface area contributed by atoms with Gasteiger partial charge in [0.25, 0.3) is 0 Å². The fourth-order valence-electron chi connectivity index (χ4n) is 2.20. The second-order valence-corrected chi connectivity index (χ2v) is 4.41. The molecule has 1 N–H and O–H groups in total. The van der Waals surface area contributed by atoms with Crippen LogP contribution in [0, 0.1) is 0 Å². The number of carbonyl (C=O) groups is 1. The minimum Gasteiger partial charge on any atom is -0.479 e. The van der Waals surface area contributed by atoms with E-state index in [0.29, 0.717) is 5.70 Å². The van der Waals surface area contributed by atoms with Crippen molar-refractivity contribution < 1.29 is 14.6 Å². The first-order chi connectivity index (χ1) is 9.75. The molecule has 0 fully saturated rings. The molecule has 0 unspecified atom stereocenters. The van der Waals surface area contributed by atoms with Crippen LogP contribution in [0.4, 0.5) is 11.4 Å². The number of anilines is 2. The lowest BCUT2D eigenvalue weighted by atomic mass is 10.2. The summed E-state index contributed by atoms with van der Waals surface area (Å²) in [4.78, 5) is 13.2. The van der Waals surface area contributed by atoms with Gasteiger partial charge in [-0.3, -0.25) is 4.79 Å². The largest absolute Gasteiger partial charge is 0.479 e. The Morgan fingerprint density at radius 3 is 1.80 bits per heavy atom. The summed E-state index contributed by atoms with van der Waals surface area (Å²) in [5, 5.41) is 9.85. The Bertz CT molecular complexity index is 610. The highest BCUT2D eigenvalue weighted by Crippen LogP contribution is 2.34. The Balaban J connectivity index is 2.10. The number of benzene rings is 2. The Labute approximate surface area is 116 Å². The van der Waals surface area contributed by atoms with Crippen molar-refractivity contribution in [3.63, 3.8) is 0 Å². The van der Waals surface area contributed by atoms with Gasteiger partial charge in [-0.25, -0.2) is 0 Å². The molecule has 1 aliphatic heterocycles. The van der Waals surface area contributed by atoms with E-state index in [-0.39, 0.29) is 12.4 Å². The topological polar surface area (TPSA) is 49.8 Å². The van der Waals surface area contributed by atoms with E-state index in [2.05, 4.69) is 0 Å². The molecule has 4 heteroatoms. The lowest BCUT2D eigenvalue weighted by Crippen LogP contribution is -2.16. The van der Waals surface area contributed by atoms with E-state index in [1.165, 1.54) is 0 Å². The summed E-state index contributed by atoms with van der Waals surface area (Å²) in [7, 11) is 0. The SMILES string of the molecule is O=C1CC(N(c2ccccc2)c2ccccc2)=C(O)O1. The molecule has 20 heavy (non-hydrogen) atoms. The molecule has 0 aliphatic carbocycles. The van der Waals surface area contributed by atoms with E-state index in [1.54, 1.807) is 0 Å². The van der Waals surface area contributed by atoms with Crippen molar-refractivity contribution in [2.45, 2.75) is 6.42 Å². The second-order valence-electron chi connectivity index (χ2n) is 4.41. The lowest BCUT2D eigenvalue weighted by molar-refractivity contribution is -0.139. The number of rotatable bonds is 3. The second kappa shape index (κ2) is 5.09. The summed E-state index contributed by atoms with van der Waals surface area (Å²) in [5.74, 6) is -0.780. The van der Waals surface area contributed by atoms with E-state index in [4.69, 9.17) is 4.74 Å². The number of nitrogens with zero attached hydrogens (tertiary/aromatic N) is 1. The molecule has 0 saturated heterocycles. The number of carbonyl (C=O) groups excluding carboxylic acids is 1. The average molecular weight is 267 g/mol. The smallest absolute Gasteiger partial charge is 0.319 e. The Morgan fingerprint density at radius 2 is 1.40 bits per heavy atom. The summed E-state index contributed by atoms with van der Waals surface area (Å²) < 4.78 is 4.75. The van der Waals surface area contributed by atoms with Gasteiger partial charge >= 0.3 is 11.9 Å². The van der Waals surface area contributed by atoms with Crippen LogP contribution in [-0.2, 0) is 9.53 Å². The molecular weight excluding hydrogens is 254 g/mol. The molecule has 4 nitrogen and oxygen atoms in total. The van der Waals surface area contributed by atoms with E-state index < -0.39 is 5.97 Å². The third-order valence-corrected chi connectivity index (χ3v) is 3.07. The molecule has 0 amide bonds. The van der Waals surface area contributed by atoms with Crippen LogP contribution in [0.15, 0.2) is 72.3 Å². The van der Waals surface area contributed by atoms with Crippen molar-refractivity contribution >= 4 is 17.3 Å². The molecular formula is C16H13NO3. The molecule has 0 spiro atoms. The van der Waals surface area contributed by atoms with Gasteiger partial charge in [-0.1, -0.05) is 36.4 Å². The van der Waals surface area contributed by atoms with Crippen LogP contribution in [0.25, 0.3) is 0 Å². The summed E-state index contributed by atoms with van der Waals surface area (Å²) in [6.07, 6.45) is 0.0512. The van der Waals surface area contributed by atoms with Crippen LogP contribution in [-0.4, -0.2) is 11.1 Å². The fraction of sp³-hybridized carbons (Fsp3) is 0.0625. The van der Waals surface area contributed by atoms with Gasteiger partial charge in [0, 0.05) is 11.4 Å². The van der Waals surface area contributed by atoms with Crippen LogP contribution in [0.3, 0.4) is 0 Å². The molecule has 0 radical (unpaired) electrons. The fourth-order valence-corrected chi connectivity index (χ4v) is 2.20. The van der Waals surface area contributed by atoms with E-state index >= 15 is 0 Å². The summed E-state index contributed by atoms with van der Waals surface area (Å²) >= 11 is 0. The minimum absolute atomic E-state index is 0.0512. The molecule has 0 aromatic heterocycles. The number of hydrogen-bond donors (Lipinski definition) is 1. The van der Waals surface area contributed by atoms with Crippen LogP contribution >= 0.6 is 0 Å². The van der Waals surface area contributed by atoms with E-state index in [1.807, 2.05) is 65.6 Å². The third kappa shape index (κ3) is 2.23. The first-order valence-corrected chi connectivity index (χ1v) is 6.29. The molecule has 1 heterocycles. The monoisotopic (exact) mass is 267 g/mol. The Morgan fingerprint density at radius 1 is 0.900 bits per heavy atom. The van der Waals surface area contributed by atoms with Gasteiger partial charge in [-0.2, -0.15) is 0 Å². The predicted octanol–water partition coefficient (Wildman–Crippen LogP) is 3.50. The van der Waals surface area contributed by atoms with Crippen molar-refractivity contribution in [1.82, 2.24) is 0 Å². The van der Waals surface area contributed by atoms with Crippen LogP contribution in [0.5, 0.6) is 0 Å². The predicted molar refractivity (Wildman–Crippen MR) is 75.4 cm³/mol. The molecule has 0 atom stereocenters. The standard InChI is InChI=1S/C16H13NO3/c18-15-11-14(16(19)20-15)17(12-7-3-1-4-8-12)13-9-5-2-6-10-13/h1-10,19H,11H2. The molecule has 3 rings (SSSR count). The normalized spacial score (nSPS) is 14.3. The maximum absolute atomic E-state index is 11.4. The Kier molecular flexibility index (Phi) is 3.13. The number of aliphatic hydroxyl groups is 1. The highest BCUT2D eigenvalue weighted by atomic mass is 16.6. The molecule has 2 aromatic carbocycles. The molecule has 0 bridgehead atoms. The van der Waals surface area contributed by atoms with Crippen LogP contribution in [0.1, 0.15) is 6.42 Å². The number of esters is 1. The van der Waals surface area contributed by atoms with Gasteiger partial charge in [0.2, 0.25) is 0 Å². The van der Waals surface area contributed by atoms with Crippen molar-refractivity contribution in [3.8, 4) is 0 Å².